The molecular formula is C25H36N4O. The maximum atomic E-state index is 12.8. The van der Waals surface area contributed by atoms with Gasteiger partial charge in [0.1, 0.15) is 0 Å². The van der Waals surface area contributed by atoms with Gasteiger partial charge in [-0.1, -0.05) is 58.9 Å². The summed E-state index contributed by atoms with van der Waals surface area (Å²) in [6.45, 7) is 15.5. The third-order valence-corrected chi connectivity index (χ3v) is 5.69. The summed E-state index contributed by atoms with van der Waals surface area (Å²) in [4.78, 5) is 12.8. The summed E-state index contributed by atoms with van der Waals surface area (Å²) in [5.41, 5.74) is 5.65. The maximum Gasteiger partial charge on any atom is 0.220 e. The minimum Gasteiger partial charge on any atom is -0.349 e. The van der Waals surface area contributed by atoms with Gasteiger partial charge in [-0.25, -0.2) is 0 Å². The van der Waals surface area contributed by atoms with Crippen molar-refractivity contribution in [3.8, 4) is 6.07 Å². The average Bonchev–Trinajstić information content (AvgIpc) is 2.95. The molecule has 2 aromatic rings. The lowest BCUT2D eigenvalue weighted by molar-refractivity contribution is -0.122. The fraction of sp³-hybridized carbons (Fsp3) is 0.560. The predicted octanol–water partition coefficient (Wildman–Crippen LogP) is 5.16. The number of hydrogen-bond acceptors (Lipinski definition) is 3. The molecule has 0 aliphatic carbocycles. The summed E-state index contributed by atoms with van der Waals surface area (Å²) in [6, 6.07) is 10.8. The highest BCUT2D eigenvalue weighted by atomic mass is 16.1. The first-order valence-electron chi connectivity index (χ1n) is 10.8. The summed E-state index contributed by atoms with van der Waals surface area (Å²) in [5.74, 6) is 0.351. The minimum absolute atomic E-state index is 0.00735. The summed E-state index contributed by atoms with van der Waals surface area (Å²) in [6.07, 6.45) is 1.52. The van der Waals surface area contributed by atoms with E-state index in [0.29, 0.717) is 31.7 Å². The number of rotatable bonds is 8. The quantitative estimate of drug-likeness (QED) is 0.656. The molecule has 1 amide bonds. The molecule has 1 aromatic heterocycles. The Hall–Kier alpha value is -2.61. The number of carbonyl (C=O) groups excluding carboxylic acids is 1. The van der Waals surface area contributed by atoms with E-state index < -0.39 is 0 Å². The molecule has 0 fully saturated rings. The van der Waals surface area contributed by atoms with Crippen molar-refractivity contribution in [2.24, 2.45) is 5.92 Å². The highest BCUT2D eigenvalue weighted by molar-refractivity contribution is 5.76. The fourth-order valence-corrected chi connectivity index (χ4v) is 3.78. The van der Waals surface area contributed by atoms with E-state index in [9.17, 15) is 4.79 Å². The second kappa shape index (κ2) is 9.93. The van der Waals surface area contributed by atoms with Crippen molar-refractivity contribution < 1.29 is 4.79 Å². The number of carbonyl (C=O) groups is 1. The monoisotopic (exact) mass is 408 g/mol. The van der Waals surface area contributed by atoms with Gasteiger partial charge in [0.15, 0.2) is 0 Å². The molecular weight excluding hydrogens is 372 g/mol. The lowest BCUT2D eigenvalue weighted by atomic mass is 9.85. The van der Waals surface area contributed by atoms with E-state index >= 15 is 0 Å². The Balaban J connectivity index is 2.05. The van der Waals surface area contributed by atoms with Crippen molar-refractivity contribution in [2.75, 3.05) is 0 Å². The standard InChI is InChI=1S/C25H36N4O/c1-17(2)24(20-9-11-21(12-10-20)25(5,6)7)27-23(30)14-13-22-18(3)28-29(19(22)4)16-8-15-26/h9-12,17,24H,8,13-14,16H2,1-7H3,(H,27,30). The fourth-order valence-electron chi connectivity index (χ4n) is 3.78. The Kier molecular flexibility index (Phi) is 7.83. The van der Waals surface area contributed by atoms with E-state index in [2.05, 4.69) is 75.4 Å². The predicted molar refractivity (Wildman–Crippen MR) is 121 cm³/mol. The van der Waals surface area contributed by atoms with Gasteiger partial charge in [-0.05, 0) is 48.3 Å². The highest BCUT2D eigenvalue weighted by Crippen LogP contribution is 2.27. The van der Waals surface area contributed by atoms with Crippen LogP contribution in [0.1, 0.15) is 81.6 Å². The largest absolute Gasteiger partial charge is 0.349 e. The van der Waals surface area contributed by atoms with Crippen LogP contribution in [0.2, 0.25) is 0 Å². The maximum absolute atomic E-state index is 12.8. The summed E-state index contributed by atoms with van der Waals surface area (Å²) < 4.78 is 1.87. The molecule has 162 valence electrons. The molecule has 0 spiro atoms. The van der Waals surface area contributed by atoms with Crippen LogP contribution in [0.15, 0.2) is 24.3 Å². The average molecular weight is 409 g/mol. The first-order chi connectivity index (χ1) is 14.0. The van der Waals surface area contributed by atoms with Gasteiger partial charge >= 0.3 is 0 Å². The van der Waals surface area contributed by atoms with Crippen molar-refractivity contribution in [2.45, 2.75) is 85.7 Å². The van der Waals surface area contributed by atoms with Crippen LogP contribution in [0.25, 0.3) is 0 Å². The first kappa shape index (κ1) is 23.7. The van der Waals surface area contributed by atoms with Gasteiger partial charge < -0.3 is 5.32 Å². The SMILES string of the molecule is Cc1nn(CCC#N)c(C)c1CCC(=O)NC(c1ccc(C(C)(C)C)cc1)C(C)C. The Morgan fingerprint density at radius 1 is 1.20 bits per heavy atom. The van der Waals surface area contributed by atoms with Crippen LogP contribution in [0.4, 0.5) is 0 Å². The van der Waals surface area contributed by atoms with Crippen LogP contribution in [-0.4, -0.2) is 15.7 Å². The van der Waals surface area contributed by atoms with Crippen LogP contribution in [-0.2, 0) is 23.2 Å². The summed E-state index contributed by atoms with van der Waals surface area (Å²) in [7, 11) is 0. The molecule has 1 atom stereocenters. The number of aromatic nitrogens is 2. The third-order valence-electron chi connectivity index (χ3n) is 5.69. The number of nitrogens with zero attached hydrogens (tertiary/aromatic N) is 3. The van der Waals surface area contributed by atoms with Gasteiger partial charge in [-0.3, -0.25) is 9.48 Å². The Morgan fingerprint density at radius 3 is 2.37 bits per heavy atom. The molecule has 0 saturated carbocycles. The van der Waals surface area contributed by atoms with Crippen molar-refractivity contribution in [1.29, 1.82) is 5.26 Å². The third kappa shape index (κ3) is 5.95. The number of nitrogens with one attached hydrogen (secondary N) is 1. The summed E-state index contributed by atoms with van der Waals surface area (Å²) >= 11 is 0. The Labute approximate surface area is 181 Å². The molecule has 30 heavy (non-hydrogen) atoms. The molecule has 5 heteroatoms. The molecule has 2 rings (SSSR count). The lowest BCUT2D eigenvalue weighted by Gasteiger charge is -2.25. The van der Waals surface area contributed by atoms with Crippen molar-refractivity contribution in [1.82, 2.24) is 15.1 Å². The van der Waals surface area contributed by atoms with Gasteiger partial charge in [-0.2, -0.15) is 10.4 Å². The van der Waals surface area contributed by atoms with Crippen LogP contribution in [0.5, 0.6) is 0 Å². The van der Waals surface area contributed by atoms with Crippen LogP contribution >= 0.6 is 0 Å². The van der Waals surface area contributed by atoms with E-state index in [1.165, 1.54) is 5.56 Å². The van der Waals surface area contributed by atoms with E-state index in [-0.39, 0.29) is 17.4 Å². The normalized spacial score (nSPS) is 12.6. The number of aryl methyl sites for hydroxylation is 2. The van der Waals surface area contributed by atoms with Crippen LogP contribution < -0.4 is 5.32 Å². The van der Waals surface area contributed by atoms with Crippen molar-refractivity contribution >= 4 is 5.91 Å². The second-order valence-electron chi connectivity index (χ2n) is 9.44. The van der Waals surface area contributed by atoms with E-state index in [1.807, 2.05) is 18.5 Å². The summed E-state index contributed by atoms with van der Waals surface area (Å²) in [5, 5.41) is 16.6. The number of hydrogen-bond donors (Lipinski definition) is 1. The molecule has 0 aliphatic rings. The Morgan fingerprint density at radius 2 is 1.83 bits per heavy atom. The first-order valence-corrected chi connectivity index (χ1v) is 10.8. The number of amides is 1. The molecule has 1 N–H and O–H groups in total. The molecule has 0 bridgehead atoms. The van der Waals surface area contributed by atoms with Gasteiger partial charge in [0.25, 0.3) is 0 Å². The topological polar surface area (TPSA) is 70.7 Å². The van der Waals surface area contributed by atoms with Crippen molar-refractivity contribution in [3.05, 3.63) is 52.3 Å². The van der Waals surface area contributed by atoms with Gasteiger partial charge in [0.05, 0.1) is 30.8 Å². The smallest absolute Gasteiger partial charge is 0.220 e. The van der Waals surface area contributed by atoms with Gasteiger partial charge in [-0.15, -0.1) is 0 Å². The Bertz CT molecular complexity index is 895. The highest BCUT2D eigenvalue weighted by Gasteiger charge is 2.21. The molecule has 0 aliphatic heterocycles. The van der Waals surface area contributed by atoms with Crippen molar-refractivity contribution in [3.63, 3.8) is 0 Å². The molecule has 1 unspecified atom stereocenters. The van der Waals surface area contributed by atoms with E-state index in [0.717, 1.165) is 22.5 Å². The molecule has 1 heterocycles. The van der Waals surface area contributed by atoms with Crippen LogP contribution in [0.3, 0.4) is 0 Å². The zero-order valence-corrected chi connectivity index (χ0v) is 19.5. The number of benzene rings is 1. The zero-order valence-electron chi connectivity index (χ0n) is 19.5. The van der Waals surface area contributed by atoms with E-state index in [4.69, 9.17) is 5.26 Å². The molecule has 0 saturated heterocycles. The second-order valence-corrected chi connectivity index (χ2v) is 9.44. The van der Waals surface area contributed by atoms with Gasteiger partial charge in [0.2, 0.25) is 5.91 Å². The molecule has 0 radical (unpaired) electrons. The zero-order chi connectivity index (χ0) is 22.5. The van der Waals surface area contributed by atoms with Crippen LogP contribution in [0, 0.1) is 31.1 Å². The van der Waals surface area contributed by atoms with E-state index in [1.54, 1.807) is 0 Å². The van der Waals surface area contributed by atoms with Gasteiger partial charge in [0, 0.05) is 12.1 Å². The molecule has 5 nitrogen and oxygen atoms in total. The number of nitriles is 1. The lowest BCUT2D eigenvalue weighted by Crippen LogP contribution is -2.32. The minimum atomic E-state index is -0.00735. The molecule has 1 aromatic carbocycles.